The average molecular weight is 503 g/mol. The Morgan fingerprint density at radius 1 is 1.14 bits per heavy atom. The molecule has 9 heteroatoms. The highest BCUT2D eigenvalue weighted by atomic mass is 19.4. The summed E-state index contributed by atoms with van der Waals surface area (Å²) in [6.45, 7) is 8.13. The summed E-state index contributed by atoms with van der Waals surface area (Å²) in [5, 5.41) is 0. The van der Waals surface area contributed by atoms with Crippen LogP contribution < -0.4 is 0 Å². The Kier molecular flexibility index (Phi) is 7.03. The van der Waals surface area contributed by atoms with Crippen LogP contribution in [0.25, 0.3) is 0 Å². The van der Waals surface area contributed by atoms with Gasteiger partial charge in [-0.1, -0.05) is 38.1 Å². The molecule has 36 heavy (non-hydrogen) atoms. The zero-order valence-corrected chi connectivity index (χ0v) is 21.3. The number of amides is 3. The lowest BCUT2D eigenvalue weighted by molar-refractivity contribution is -0.141. The number of hydrogen-bond donors (Lipinski definition) is 0. The van der Waals surface area contributed by atoms with Gasteiger partial charge in [0.15, 0.2) is 0 Å². The molecule has 0 N–H and O–H groups in total. The zero-order chi connectivity index (χ0) is 26.4. The number of aromatic nitrogens is 1. The van der Waals surface area contributed by atoms with Crippen molar-refractivity contribution in [3.05, 3.63) is 64.5 Å². The molecule has 0 radical (unpaired) electrons. The fourth-order valence-electron chi connectivity index (χ4n) is 5.28. The number of carbonyl (C=O) groups is 2. The molecule has 2 fully saturated rings. The third-order valence-electron chi connectivity index (χ3n) is 7.54. The van der Waals surface area contributed by atoms with E-state index in [1.807, 2.05) is 49.9 Å². The molecule has 0 saturated carbocycles. The summed E-state index contributed by atoms with van der Waals surface area (Å²) >= 11 is 0. The Bertz CT molecular complexity index is 1150. The first-order chi connectivity index (χ1) is 16.9. The minimum absolute atomic E-state index is 0.0989. The smallest absolute Gasteiger partial charge is 0.335 e. The molecule has 0 bridgehead atoms. The van der Waals surface area contributed by atoms with E-state index in [9.17, 15) is 22.8 Å². The molecule has 2 aliphatic rings. The largest absolute Gasteiger partial charge is 0.433 e. The van der Waals surface area contributed by atoms with Crippen LogP contribution in [0.2, 0.25) is 0 Å². The molecule has 4 rings (SSSR count). The van der Waals surface area contributed by atoms with Crippen LogP contribution in [-0.2, 0) is 11.0 Å². The lowest BCUT2D eigenvalue weighted by atomic mass is 9.91. The van der Waals surface area contributed by atoms with Crippen LogP contribution in [0.1, 0.15) is 79.7 Å². The van der Waals surface area contributed by atoms with Gasteiger partial charge >= 0.3 is 12.2 Å². The van der Waals surface area contributed by atoms with Gasteiger partial charge in [-0.05, 0) is 55.0 Å². The number of aryl methyl sites for hydroxylation is 1. The highest BCUT2D eigenvalue weighted by Gasteiger charge is 2.46. The number of hydrogen-bond acceptors (Lipinski definition) is 3. The zero-order valence-electron chi connectivity index (χ0n) is 21.3. The molecule has 6 nitrogen and oxygen atoms in total. The highest BCUT2D eigenvalue weighted by Crippen LogP contribution is 2.40. The number of rotatable bonds is 4. The summed E-state index contributed by atoms with van der Waals surface area (Å²) in [5.74, 6) is -0.0266. The Balaban J connectivity index is 1.68. The van der Waals surface area contributed by atoms with Crippen LogP contribution in [0.15, 0.2) is 36.4 Å². The fourth-order valence-corrected chi connectivity index (χ4v) is 5.28. The van der Waals surface area contributed by atoms with Crippen molar-refractivity contribution in [2.45, 2.75) is 70.8 Å². The number of halogens is 3. The van der Waals surface area contributed by atoms with E-state index in [-0.39, 0.29) is 35.6 Å². The third kappa shape index (κ3) is 4.80. The van der Waals surface area contributed by atoms with Gasteiger partial charge in [-0.25, -0.2) is 9.78 Å². The van der Waals surface area contributed by atoms with Crippen LogP contribution in [-0.4, -0.2) is 57.8 Å². The van der Waals surface area contributed by atoms with Gasteiger partial charge in [0.25, 0.3) is 0 Å². The molecule has 3 atom stereocenters. The van der Waals surface area contributed by atoms with Crippen molar-refractivity contribution >= 4 is 11.9 Å². The van der Waals surface area contributed by atoms with Gasteiger partial charge in [0.2, 0.25) is 5.91 Å². The number of carbonyl (C=O) groups excluding carboxylic acids is 2. The number of pyridine rings is 1. The van der Waals surface area contributed by atoms with Crippen LogP contribution in [0.5, 0.6) is 0 Å². The molecule has 3 amide bonds. The van der Waals surface area contributed by atoms with Crippen LogP contribution in [0, 0.1) is 6.92 Å². The molecule has 1 aromatic carbocycles. The number of alkyl halides is 3. The second kappa shape index (κ2) is 9.75. The Labute approximate surface area is 210 Å². The number of fused-ring (bicyclic) bond motifs is 1. The fraction of sp³-hybridized carbons (Fsp3) is 0.519. The number of piperazine rings is 1. The van der Waals surface area contributed by atoms with Crippen molar-refractivity contribution in [3.8, 4) is 0 Å². The predicted octanol–water partition coefficient (Wildman–Crippen LogP) is 5.69. The highest BCUT2D eigenvalue weighted by molar-refractivity contribution is 5.81. The van der Waals surface area contributed by atoms with Crippen molar-refractivity contribution < 1.29 is 22.8 Å². The molecule has 1 aromatic heterocycles. The minimum Gasteiger partial charge on any atom is -0.335 e. The van der Waals surface area contributed by atoms with E-state index in [2.05, 4.69) is 4.98 Å². The van der Waals surface area contributed by atoms with E-state index in [4.69, 9.17) is 0 Å². The first-order valence-electron chi connectivity index (χ1n) is 12.4. The lowest BCUT2D eigenvalue weighted by Crippen LogP contribution is -2.57. The standard InChI is InChI=1S/C27H33F3N4O2/c1-16(2)19-14-21(31-23(15-19)27(28,29)30)18(4)32(5)26(36)34-13-12-33-22(10-11-24(33)35)25(34)20-9-7-6-8-17(20)3/h6-9,14-16,18,22,25H,10-13H2,1-5H3. The molecule has 2 aromatic rings. The van der Waals surface area contributed by atoms with Crippen molar-refractivity contribution in [2.24, 2.45) is 0 Å². The second-order valence-electron chi connectivity index (χ2n) is 10.1. The minimum atomic E-state index is -4.58. The van der Waals surface area contributed by atoms with E-state index < -0.39 is 17.9 Å². The Morgan fingerprint density at radius 2 is 1.83 bits per heavy atom. The molecule has 194 valence electrons. The summed E-state index contributed by atoms with van der Waals surface area (Å²) < 4.78 is 40.7. The average Bonchev–Trinajstić information content (AvgIpc) is 3.22. The summed E-state index contributed by atoms with van der Waals surface area (Å²) in [7, 11) is 1.60. The molecule has 3 unspecified atom stereocenters. The Morgan fingerprint density at radius 3 is 2.47 bits per heavy atom. The summed E-state index contributed by atoms with van der Waals surface area (Å²) in [5.41, 5.74) is 1.78. The maximum atomic E-state index is 13.9. The molecule has 2 saturated heterocycles. The summed E-state index contributed by atoms with van der Waals surface area (Å²) in [6, 6.07) is 9.14. The van der Waals surface area contributed by atoms with Gasteiger partial charge in [-0.3, -0.25) is 4.79 Å². The van der Waals surface area contributed by atoms with Crippen molar-refractivity contribution in [1.82, 2.24) is 19.7 Å². The molecule has 0 spiro atoms. The number of benzene rings is 1. The quantitative estimate of drug-likeness (QED) is 0.540. The first-order valence-corrected chi connectivity index (χ1v) is 12.4. The molecule has 0 aliphatic carbocycles. The van der Waals surface area contributed by atoms with Gasteiger partial charge in [-0.15, -0.1) is 0 Å². The van der Waals surface area contributed by atoms with Gasteiger partial charge in [0.1, 0.15) is 5.69 Å². The van der Waals surface area contributed by atoms with E-state index >= 15 is 0 Å². The SMILES string of the molecule is Cc1ccccc1C1C2CCC(=O)N2CCN1C(=O)N(C)C(C)c1cc(C(C)C)cc(C(F)(F)F)n1. The van der Waals surface area contributed by atoms with Gasteiger partial charge in [0, 0.05) is 26.6 Å². The molecular formula is C27H33F3N4O2. The Hall–Kier alpha value is -3.10. The van der Waals surface area contributed by atoms with Crippen molar-refractivity contribution in [2.75, 3.05) is 20.1 Å². The topological polar surface area (TPSA) is 56.8 Å². The molecule has 3 heterocycles. The maximum absolute atomic E-state index is 13.9. The van der Waals surface area contributed by atoms with Crippen LogP contribution in [0.3, 0.4) is 0 Å². The van der Waals surface area contributed by atoms with E-state index in [1.165, 1.54) is 4.90 Å². The van der Waals surface area contributed by atoms with E-state index in [1.54, 1.807) is 24.9 Å². The summed E-state index contributed by atoms with van der Waals surface area (Å²) in [6.07, 6.45) is -3.47. The van der Waals surface area contributed by atoms with Crippen LogP contribution in [0.4, 0.5) is 18.0 Å². The first kappa shape index (κ1) is 26.0. The molecular weight excluding hydrogens is 469 g/mol. The van der Waals surface area contributed by atoms with Crippen molar-refractivity contribution in [1.29, 1.82) is 0 Å². The molecule has 2 aliphatic heterocycles. The van der Waals surface area contributed by atoms with Gasteiger partial charge < -0.3 is 14.7 Å². The second-order valence-corrected chi connectivity index (χ2v) is 10.1. The van der Waals surface area contributed by atoms with Gasteiger partial charge in [-0.2, -0.15) is 13.2 Å². The summed E-state index contributed by atoms with van der Waals surface area (Å²) in [4.78, 5) is 35.4. The van der Waals surface area contributed by atoms with Gasteiger partial charge in [0.05, 0.1) is 23.8 Å². The number of nitrogens with zero attached hydrogens (tertiary/aromatic N) is 4. The third-order valence-corrected chi connectivity index (χ3v) is 7.54. The maximum Gasteiger partial charge on any atom is 0.433 e. The van der Waals surface area contributed by atoms with E-state index in [0.717, 1.165) is 17.2 Å². The van der Waals surface area contributed by atoms with Crippen LogP contribution >= 0.6 is 0 Å². The lowest BCUT2D eigenvalue weighted by Gasteiger charge is -2.47. The predicted molar refractivity (Wildman–Crippen MR) is 130 cm³/mol. The number of urea groups is 1. The monoisotopic (exact) mass is 502 g/mol. The van der Waals surface area contributed by atoms with Crippen molar-refractivity contribution in [3.63, 3.8) is 0 Å². The van der Waals surface area contributed by atoms with E-state index in [0.29, 0.717) is 31.5 Å². The normalized spacial score (nSPS) is 21.1.